The number of ether oxygens (including phenoxy) is 2. The Morgan fingerprint density at radius 2 is 1.80 bits per heavy atom. The van der Waals surface area contributed by atoms with Gasteiger partial charge >= 0.3 is 5.69 Å². The first-order valence-electron chi connectivity index (χ1n) is 11.2. The number of nitrogens with zero attached hydrogens (tertiary/aromatic N) is 4. The molecule has 4 rings (SSSR count). The van der Waals surface area contributed by atoms with E-state index in [4.69, 9.17) is 21.1 Å². The van der Waals surface area contributed by atoms with Gasteiger partial charge in [0.25, 0.3) is 5.56 Å². The maximum atomic E-state index is 13.4. The van der Waals surface area contributed by atoms with Crippen LogP contribution in [0.15, 0.2) is 70.5 Å². The summed E-state index contributed by atoms with van der Waals surface area (Å²) < 4.78 is 14.9. The Labute approximate surface area is 206 Å². The second-order valence-corrected chi connectivity index (χ2v) is 8.54. The van der Waals surface area contributed by atoms with E-state index in [9.17, 15) is 14.7 Å². The summed E-state index contributed by atoms with van der Waals surface area (Å²) >= 11 is 6.14. The van der Waals surface area contributed by atoms with Gasteiger partial charge in [-0.1, -0.05) is 60.1 Å². The van der Waals surface area contributed by atoms with E-state index < -0.39 is 17.4 Å². The van der Waals surface area contributed by atoms with Crippen LogP contribution in [0.5, 0.6) is 0 Å². The number of hydrogen-bond acceptors (Lipinski definition) is 6. The van der Waals surface area contributed by atoms with E-state index in [0.717, 1.165) is 15.7 Å². The molecule has 35 heavy (non-hydrogen) atoms. The molecule has 10 heteroatoms. The number of benzene rings is 2. The summed E-state index contributed by atoms with van der Waals surface area (Å²) in [6, 6.07) is 16.7. The summed E-state index contributed by atoms with van der Waals surface area (Å²) in [4.78, 5) is 31.1. The Morgan fingerprint density at radius 3 is 2.54 bits per heavy atom. The van der Waals surface area contributed by atoms with Crippen LogP contribution in [-0.4, -0.2) is 50.2 Å². The molecule has 0 saturated carbocycles. The van der Waals surface area contributed by atoms with Crippen molar-refractivity contribution in [2.75, 3.05) is 20.3 Å². The van der Waals surface area contributed by atoms with Gasteiger partial charge < -0.3 is 19.1 Å². The minimum absolute atomic E-state index is 0.0727. The van der Waals surface area contributed by atoms with Crippen LogP contribution < -0.4 is 11.2 Å². The molecule has 0 radical (unpaired) electrons. The molecule has 0 amide bonds. The largest absolute Gasteiger partial charge is 0.389 e. The van der Waals surface area contributed by atoms with Gasteiger partial charge in [0.05, 0.1) is 45.3 Å². The fourth-order valence-corrected chi connectivity index (χ4v) is 4.04. The van der Waals surface area contributed by atoms with Crippen LogP contribution in [0.25, 0.3) is 11.2 Å². The van der Waals surface area contributed by atoms with Crippen molar-refractivity contribution in [2.24, 2.45) is 0 Å². The van der Waals surface area contributed by atoms with Crippen LogP contribution >= 0.6 is 11.6 Å². The highest BCUT2D eigenvalue weighted by atomic mass is 35.5. The van der Waals surface area contributed by atoms with Crippen molar-refractivity contribution in [3.05, 3.63) is 97.9 Å². The van der Waals surface area contributed by atoms with Gasteiger partial charge in [-0.25, -0.2) is 9.78 Å². The number of halogens is 1. The summed E-state index contributed by atoms with van der Waals surface area (Å²) in [5, 5.41) is 11.2. The summed E-state index contributed by atoms with van der Waals surface area (Å²) in [7, 11) is 1.57. The first-order chi connectivity index (χ1) is 17.0. The van der Waals surface area contributed by atoms with Gasteiger partial charge in [0, 0.05) is 18.7 Å². The quantitative estimate of drug-likeness (QED) is 0.340. The third-order valence-electron chi connectivity index (χ3n) is 5.62. The van der Waals surface area contributed by atoms with Gasteiger partial charge in [0.2, 0.25) is 0 Å². The molecule has 9 nitrogen and oxygen atoms in total. The lowest BCUT2D eigenvalue weighted by Gasteiger charge is -2.16. The van der Waals surface area contributed by atoms with Gasteiger partial charge in [-0.05, 0) is 17.2 Å². The van der Waals surface area contributed by atoms with Gasteiger partial charge in [-0.3, -0.25) is 13.9 Å². The minimum Gasteiger partial charge on any atom is -0.389 e. The van der Waals surface area contributed by atoms with Gasteiger partial charge in [0.1, 0.15) is 0 Å². The van der Waals surface area contributed by atoms with Crippen LogP contribution in [0, 0.1) is 0 Å². The molecule has 184 valence electrons. The second-order valence-electron chi connectivity index (χ2n) is 8.13. The average molecular weight is 499 g/mol. The molecule has 0 unspecified atom stereocenters. The maximum Gasteiger partial charge on any atom is 0.333 e. The first kappa shape index (κ1) is 24.9. The fraction of sp³-hybridized carbons (Fsp3) is 0.320. The van der Waals surface area contributed by atoms with E-state index in [1.165, 1.54) is 10.9 Å². The van der Waals surface area contributed by atoms with Crippen LogP contribution in [0.2, 0.25) is 5.02 Å². The third-order valence-corrected chi connectivity index (χ3v) is 5.99. The maximum absolute atomic E-state index is 13.4. The minimum atomic E-state index is -1.08. The lowest BCUT2D eigenvalue weighted by molar-refractivity contribution is 0.0192. The van der Waals surface area contributed by atoms with Crippen molar-refractivity contribution < 1.29 is 14.6 Å². The summed E-state index contributed by atoms with van der Waals surface area (Å²) in [5.41, 5.74) is 1.17. The lowest BCUT2D eigenvalue weighted by atomic mass is 10.2. The third kappa shape index (κ3) is 5.71. The molecule has 2 heterocycles. The molecule has 4 aromatic rings. The zero-order valence-electron chi connectivity index (χ0n) is 19.3. The highest BCUT2D eigenvalue weighted by Crippen LogP contribution is 2.16. The molecule has 1 N–H and O–H groups in total. The summed E-state index contributed by atoms with van der Waals surface area (Å²) in [6.07, 6.45) is 0.445. The van der Waals surface area contributed by atoms with Crippen molar-refractivity contribution in [3.8, 4) is 0 Å². The number of aromatic nitrogens is 4. The predicted octanol–water partition coefficient (Wildman–Crippen LogP) is 2.29. The molecule has 0 saturated heterocycles. The van der Waals surface area contributed by atoms with Crippen molar-refractivity contribution in [1.82, 2.24) is 18.7 Å². The van der Waals surface area contributed by atoms with E-state index >= 15 is 0 Å². The molecule has 0 fully saturated rings. The Hall–Kier alpha value is -3.24. The van der Waals surface area contributed by atoms with E-state index in [0.29, 0.717) is 23.8 Å². The number of aliphatic hydroxyl groups excluding tert-OH is 1. The molecule has 0 spiro atoms. The van der Waals surface area contributed by atoms with Gasteiger partial charge in [-0.2, -0.15) is 0 Å². The predicted molar refractivity (Wildman–Crippen MR) is 133 cm³/mol. The van der Waals surface area contributed by atoms with Crippen LogP contribution in [-0.2, 0) is 35.7 Å². The van der Waals surface area contributed by atoms with E-state index in [2.05, 4.69) is 4.98 Å². The van der Waals surface area contributed by atoms with Crippen molar-refractivity contribution >= 4 is 22.8 Å². The highest BCUT2D eigenvalue weighted by molar-refractivity contribution is 6.31. The van der Waals surface area contributed by atoms with Crippen molar-refractivity contribution in [1.29, 1.82) is 0 Å². The summed E-state index contributed by atoms with van der Waals surface area (Å²) in [6.45, 7) is 0.914. The van der Waals surface area contributed by atoms with Gasteiger partial charge in [0.15, 0.2) is 11.2 Å². The molecular weight excluding hydrogens is 472 g/mol. The highest BCUT2D eigenvalue weighted by Gasteiger charge is 2.20. The molecule has 2 aromatic carbocycles. The smallest absolute Gasteiger partial charge is 0.333 e. The number of aliphatic hydroxyl groups is 1. The molecule has 0 aliphatic rings. The van der Waals surface area contributed by atoms with E-state index in [-0.39, 0.29) is 31.8 Å². The second kappa shape index (κ2) is 11.5. The lowest BCUT2D eigenvalue weighted by Crippen LogP contribution is -2.44. The zero-order chi connectivity index (χ0) is 24.8. The fourth-order valence-electron chi connectivity index (χ4n) is 3.85. The molecule has 0 aliphatic heterocycles. The first-order valence-corrected chi connectivity index (χ1v) is 11.6. The average Bonchev–Trinajstić information content (AvgIpc) is 3.29. The topological polar surface area (TPSA) is 101 Å². The van der Waals surface area contributed by atoms with Crippen LogP contribution in [0.1, 0.15) is 11.1 Å². The number of rotatable bonds is 11. The Kier molecular flexibility index (Phi) is 8.14. The standard InChI is InChI=1S/C25H27ClN4O5/c1-34-12-11-28-17-27-23-22(28)24(32)30(25(33)29(23)13-18-7-3-2-4-8-18)14-20(31)16-35-15-19-9-5-6-10-21(19)26/h2-10,17,20,31H,11-16H2,1H3/t20-/m1/s1. The Morgan fingerprint density at radius 1 is 1.06 bits per heavy atom. The molecular formula is C25H27ClN4O5. The number of fused-ring (bicyclic) bond motifs is 1. The van der Waals surface area contributed by atoms with E-state index in [1.807, 2.05) is 48.5 Å². The normalized spacial score (nSPS) is 12.3. The monoisotopic (exact) mass is 498 g/mol. The molecule has 0 bridgehead atoms. The number of methoxy groups -OCH3 is 1. The SMILES string of the molecule is COCCn1cnc2c1c(=O)n(C[C@@H](O)COCc1ccccc1Cl)c(=O)n2Cc1ccccc1. The molecule has 1 atom stereocenters. The Bertz CT molecular complexity index is 1400. The van der Waals surface area contributed by atoms with Crippen molar-refractivity contribution in [2.45, 2.75) is 32.3 Å². The zero-order valence-corrected chi connectivity index (χ0v) is 20.1. The van der Waals surface area contributed by atoms with Crippen molar-refractivity contribution in [3.63, 3.8) is 0 Å². The molecule has 2 aromatic heterocycles. The number of hydrogen-bond donors (Lipinski definition) is 1. The van der Waals surface area contributed by atoms with E-state index in [1.54, 1.807) is 17.7 Å². The number of imidazole rings is 1. The van der Waals surface area contributed by atoms with Crippen LogP contribution in [0.4, 0.5) is 0 Å². The Balaban J connectivity index is 1.63. The molecule has 0 aliphatic carbocycles. The summed E-state index contributed by atoms with van der Waals surface area (Å²) in [5.74, 6) is 0. The van der Waals surface area contributed by atoms with Crippen LogP contribution in [0.3, 0.4) is 0 Å². The van der Waals surface area contributed by atoms with Gasteiger partial charge in [-0.15, -0.1) is 0 Å².